The van der Waals surface area contributed by atoms with E-state index in [1.54, 1.807) is 12.1 Å². The minimum absolute atomic E-state index is 0.152. The molecule has 0 saturated carbocycles. The van der Waals surface area contributed by atoms with Gasteiger partial charge in [0, 0.05) is 18.7 Å². The summed E-state index contributed by atoms with van der Waals surface area (Å²) >= 11 is 0. The molecular weight excluding hydrogens is 164 g/mol. The molecule has 0 spiro atoms. The first-order valence-corrected chi connectivity index (χ1v) is 4.01. The van der Waals surface area contributed by atoms with Crippen LogP contribution in [0.1, 0.15) is 12.0 Å². The summed E-state index contributed by atoms with van der Waals surface area (Å²) in [5, 5.41) is 9.34. The SMILES string of the molecule is NCCC#Cc1cc(N)ccc1O. The summed E-state index contributed by atoms with van der Waals surface area (Å²) in [5.41, 5.74) is 11.9. The predicted molar refractivity (Wildman–Crippen MR) is 53.1 cm³/mol. The number of nitrogens with two attached hydrogens (primary N) is 2. The molecule has 0 aliphatic carbocycles. The highest BCUT2D eigenvalue weighted by atomic mass is 16.3. The number of hydrogen-bond acceptors (Lipinski definition) is 3. The third kappa shape index (κ3) is 2.69. The first kappa shape index (κ1) is 9.43. The van der Waals surface area contributed by atoms with Crippen LogP contribution in [0.5, 0.6) is 5.75 Å². The van der Waals surface area contributed by atoms with E-state index in [1.165, 1.54) is 6.07 Å². The maximum absolute atomic E-state index is 9.34. The van der Waals surface area contributed by atoms with Crippen LogP contribution < -0.4 is 11.5 Å². The third-order valence-electron chi connectivity index (χ3n) is 1.51. The summed E-state index contributed by atoms with van der Waals surface area (Å²) in [5.74, 6) is 5.78. The highest BCUT2D eigenvalue weighted by molar-refractivity contribution is 5.54. The van der Waals surface area contributed by atoms with Crippen molar-refractivity contribution in [2.45, 2.75) is 6.42 Å². The molecule has 0 amide bonds. The Morgan fingerprint density at radius 3 is 2.85 bits per heavy atom. The molecule has 0 bridgehead atoms. The molecule has 0 aliphatic rings. The van der Waals surface area contributed by atoms with Gasteiger partial charge in [0.1, 0.15) is 5.75 Å². The Labute approximate surface area is 77.4 Å². The highest BCUT2D eigenvalue weighted by Crippen LogP contribution is 2.18. The highest BCUT2D eigenvalue weighted by Gasteiger charge is 1.96. The van der Waals surface area contributed by atoms with Crippen molar-refractivity contribution in [2.24, 2.45) is 5.73 Å². The van der Waals surface area contributed by atoms with Crippen molar-refractivity contribution in [3.8, 4) is 17.6 Å². The van der Waals surface area contributed by atoms with Crippen LogP contribution >= 0.6 is 0 Å². The number of rotatable bonds is 1. The molecular formula is C10H12N2O. The van der Waals surface area contributed by atoms with Crippen LogP contribution in [0.4, 0.5) is 5.69 Å². The number of phenols is 1. The monoisotopic (exact) mass is 176 g/mol. The maximum atomic E-state index is 9.34. The lowest BCUT2D eigenvalue weighted by molar-refractivity contribution is 0.474. The van der Waals surface area contributed by atoms with Gasteiger partial charge in [0.05, 0.1) is 5.56 Å². The summed E-state index contributed by atoms with van der Waals surface area (Å²) in [7, 11) is 0. The van der Waals surface area contributed by atoms with Crippen LogP contribution in [0.15, 0.2) is 18.2 Å². The Kier molecular flexibility index (Phi) is 3.18. The Bertz CT molecular complexity index is 350. The number of hydrogen-bond donors (Lipinski definition) is 3. The average molecular weight is 176 g/mol. The second kappa shape index (κ2) is 4.39. The number of phenolic OH excluding ortho intramolecular Hbond substituents is 1. The van der Waals surface area contributed by atoms with E-state index in [0.29, 0.717) is 24.2 Å². The van der Waals surface area contributed by atoms with Crippen molar-refractivity contribution in [2.75, 3.05) is 12.3 Å². The normalized spacial score (nSPS) is 9.00. The maximum Gasteiger partial charge on any atom is 0.131 e. The number of aromatic hydroxyl groups is 1. The van der Waals surface area contributed by atoms with Crippen LogP contribution in [0.25, 0.3) is 0 Å². The summed E-state index contributed by atoms with van der Waals surface area (Å²) in [6.45, 7) is 0.524. The third-order valence-corrected chi connectivity index (χ3v) is 1.51. The van der Waals surface area contributed by atoms with Gasteiger partial charge < -0.3 is 16.6 Å². The topological polar surface area (TPSA) is 72.3 Å². The van der Waals surface area contributed by atoms with Crippen molar-refractivity contribution in [1.82, 2.24) is 0 Å². The number of nitrogen functional groups attached to an aromatic ring is 1. The Balaban J connectivity index is 2.89. The molecule has 5 N–H and O–H groups in total. The van der Waals surface area contributed by atoms with Crippen LogP contribution in [-0.2, 0) is 0 Å². The molecule has 13 heavy (non-hydrogen) atoms. The second-order valence-corrected chi connectivity index (χ2v) is 2.62. The first-order chi connectivity index (χ1) is 6.24. The summed E-state index contributed by atoms with van der Waals surface area (Å²) in [6.07, 6.45) is 0.619. The molecule has 0 saturated heterocycles. The van der Waals surface area contributed by atoms with Crippen molar-refractivity contribution in [1.29, 1.82) is 0 Å². The van der Waals surface area contributed by atoms with E-state index in [2.05, 4.69) is 11.8 Å². The zero-order chi connectivity index (χ0) is 9.68. The average Bonchev–Trinajstić information content (AvgIpc) is 2.11. The van der Waals surface area contributed by atoms with Crippen LogP contribution in [0.3, 0.4) is 0 Å². The molecule has 1 aromatic rings. The fourth-order valence-electron chi connectivity index (χ4n) is 0.884. The Morgan fingerprint density at radius 2 is 2.15 bits per heavy atom. The zero-order valence-electron chi connectivity index (χ0n) is 7.25. The predicted octanol–water partition coefficient (Wildman–Crippen LogP) is 0.675. The number of benzene rings is 1. The molecule has 0 aromatic heterocycles. The summed E-state index contributed by atoms with van der Waals surface area (Å²) < 4.78 is 0. The van der Waals surface area contributed by atoms with Gasteiger partial charge in [-0.05, 0) is 18.2 Å². The second-order valence-electron chi connectivity index (χ2n) is 2.62. The van der Waals surface area contributed by atoms with E-state index in [9.17, 15) is 5.11 Å². The van der Waals surface area contributed by atoms with E-state index in [4.69, 9.17) is 11.5 Å². The van der Waals surface area contributed by atoms with Gasteiger partial charge in [-0.25, -0.2) is 0 Å². The molecule has 1 rings (SSSR count). The van der Waals surface area contributed by atoms with Gasteiger partial charge in [-0.3, -0.25) is 0 Å². The van der Waals surface area contributed by atoms with Gasteiger partial charge in [0.25, 0.3) is 0 Å². The lowest BCUT2D eigenvalue weighted by Gasteiger charge is -1.97. The first-order valence-electron chi connectivity index (χ1n) is 4.01. The molecule has 0 heterocycles. The molecule has 1 aromatic carbocycles. The van der Waals surface area contributed by atoms with E-state index in [-0.39, 0.29) is 5.75 Å². The van der Waals surface area contributed by atoms with Gasteiger partial charge >= 0.3 is 0 Å². The molecule has 0 radical (unpaired) electrons. The molecule has 0 fully saturated rings. The minimum Gasteiger partial charge on any atom is -0.507 e. The van der Waals surface area contributed by atoms with Gasteiger partial charge in [0.2, 0.25) is 0 Å². The fraction of sp³-hybridized carbons (Fsp3) is 0.200. The van der Waals surface area contributed by atoms with Crippen LogP contribution in [-0.4, -0.2) is 11.7 Å². The quantitative estimate of drug-likeness (QED) is 0.334. The van der Waals surface area contributed by atoms with Gasteiger partial charge in [-0.2, -0.15) is 0 Å². The largest absolute Gasteiger partial charge is 0.507 e. The van der Waals surface area contributed by atoms with E-state index in [1.807, 2.05) is 0 Å². The van der Waals surface area contributed by atoms with Gasteiger partial charge in [-0.15, -0.1) is 0 Å². The molecule has 0 atom stereocenters. The smallest absolute Gasteiger partial charge is 0.131 e. The molecule has 3 nitrogen and oxygen atoms in total. The van der Waals surface area contributed by atoms with Gasteiger partial charge in [-0.1, -0.05) is 11.8 Å². The van der Waals surface area contributed by atoms with E-state index >= 15 is 0 Å². The number of anilines is 1. The zero-order valence-corrected chi connectivity index (χ0v) is 7.25. The minimum atomic E-state index is 0.152. The lowest BCUT2D eigenvalue weighted by Crippen LogP contribution is -1.95. The van der Waals surface area contributed by atoms with Crippen molar-refractivity contribution in [3.63, 3.8) is 0 Å². The van der Waals surface area contributed by atoms with Crippen LogP contribution in [0, 0.1) is 11.8 Å². The molecule has 68 valence electrons. The van der Waals surface area contributed by atoms with Crippen molar-refractivity contribution >= 4 is 5.69 Å². The fourth-order valence-corrected chi connectivity index (χ4v) is 0.884. The lowest BCUT2D eigenvalue weighted by atomic mass is 10.2. The summed E-state index contributed by atoms with van der Waals surface area (Å²) in [6, 6.07) is 4.80. The molecule has 0 aliphatic heterocycles. The van der Waals surface area contributed by atoms with Gasteiger partial charge in [0.15, 0.2) is 0 Å². The Morgan fingerprint density at radius 1 is 1.38 bits per heavy atom. The Hall–Kier alpha value is -1.66. The van der Waals surface area contributed by atoms with Crippen LogP contribution in [0.2, 0.25) is 0 Å². The summed E-state index contributed by atoms with van der Waals surface area (Å²) in [4.78, 5) is 0. The van der Waals surface area contributed by atoms with Crippen molar-refractivity contribution < 1.29 is 5.11 Å². The van der Waals surface area contributed by atoms with Crippen molar-refractivity contribution in [3.05, 3.63) is 23.8 Å². The standard InChI is InChI=1S/C10H12N2O/c11-6-2-1-3-8-7-9(12)4-5-10(8)13/h4-5,7,13H,2,6,11-12H2. The van der Waals surface area contributed by atoms with E-state index in [0.717, 1.165) is 0 Å². The molecule has 3 heteroatoms. The van der Waals surface area contributed by atoms with E-state index < -0.39 is 0 Å². The molecule has 0 unspecified atom stereocenters.